The lowest BCUT2D eigenvalue weighted by atomic mass is 9.98. The Bertz CT molecular complexity index is 1150. The largest absolute Gasteiger partial charge is 0.452 e. The van der Waals surface area contributed by atoms with Crippen LogP contribution in [0.25, 0.3) is 22.2 Å². The minimum atomic E-state index is -0.997. The lowest BCUT2D eigenvalue weighted by Gasteiger charge is -2.28. The van der Waals surface area contributed by atoms with Gasteiger partial charge in [-0.25, -0.2) is 9.78 Å². The fourth-order valence-electron chi connectivity index (χ4n) is 3.13. The summed E-state index contributed by atoms with van der Waals surface area (Å²) in [7, 11) is 1.51. The van der Waals surface area contributed by atoms with Gasteiger partial charge in [0.05, 0.1) is 22.8 Å². The highest BCUT2D eigenvalue weighted by atomic mass is 16.5. The summed E-state index contributed by atoms with van der Waals surface area (Å²) in [5, 5.41) is 9.87. The summed E-state index contributed by atoms with van der Waals surface area (Å²) in [6, 6.07) is 19.0. The van der Waals surface area contributed by atoms with Crippen molar-refractivity contribution < 1.29 is 14.3 Å². The van der Waals surface area contributed by atoms with Gasteiger partial charge in [0.15, 0.2) is 6.61 Å². The van der Waals surface area contributed by atoms with E-state index in [9.17, 15) is 14.9 Å². The van der Waals surface area contributed by atoms with Gasteiger partial charge in [-0.15, -0.1) is 0 Å². The Morgan fingerprint density at radius 2 is 1.73 bits per heavy atom. The zero-order valence-corrected chi connectivity index (χ0v) is 17.5. The first-order valence-corrected chi connectivity index (χ1v) is 9.56. The molecule has 0 bridgehead atoms. The monoisotopic (exact) mass is 401 g/mol. The summed E-state index contributed by atoms with van der Waals surface area (Å²) < 4.78 is 5.36. The number of rotatable bonds is 5. The Labute approximate surface area is 175 Å². The molecule has 0 spiro atoms. The van der Waals surface area contributed by atoms with Crippen LogP contribution in [0.1, 0.15) is 29.8 Å². The second-order valence-electron chi connectivity index (χ2n) is 7.54. The van der Waals surface area contributed by atoms with Crippen molar-refractivity contribution >= 4 is 22.8 Å². The van der Waals surface area contributed by atoms with Crippen molar-refractivity contribution in [1.82, 2.24) is 9.88 Å². The van der Waals surface area contributed by atoms with Crippen molar-refractivity contribution in [3.63, 3.8) is 0 Å². The zero-order chi connectivity index (χ0) is 21.9. The summed E-state index contributed by atoms with van der Waals surface area (Å²) in [5.41, 5.74) is 2.32. The van der Waals surface area contributed by atoms with Gasteiger partial charge in [0, 0.05) is 18.0 Å². The van der Waals surface area contributed by atoms with Crippen LogP contribution in [0.15, 0.2) is 54.6 Å². The van der Waals surface area contributed by atoms with Crippen molar-refractivity contribution in [2.75, 3.05) is 13.7 Å². The second-order valence-corrected chi connectivity index (χ2v) is 7.54. The minimum Gasteiger partial charge on any atom is -0.452 e. The molecule has 3 aromatic rings. The first-order chi connectivity index (χ1) is 14.3. The lowest BCUT2D eigenvalue weighted by molar-refractivity contribution is -0.136. The van der Waals surface area contributed by atoms with E-state index in [2.05, 4.69) is 6.07 Å². The Balaban J connectivity index is 1.97. The molecule has 0 atom stereocenters. The number of ether oxygens (including phenoxy) is 1. The zero-order valence-electron chi connectivity index (χ0n) is 17.5. The van der Waals surface area contributed by atoms with Crippen LogP contribution in [0.2, 0.25) is 0 Å². The Kier molecular flexibility index (Phi) is 5.84. The second kappa shape index (κ2) is 8.34. The van der Waals surface area contributed by atoms with E-state index in [1.54, 1.807) is 13.8 Å². The normalized spacial score (nSPS) is 11.0. The van der Waals surface area contributed by atoms with Crippen LogP contribution in [0.4, 0.5) is 0 Å². The molecule has 0 radical (unpaired) electrons. The third-order valence-corrected chi connectivity index (χ3v) is 5.20. The number of nitriles is 1. The molecule has 0 saturated carbocycles. The number of carbonyl (C=O) groups is 2. The number of benzene rings is 2. The van der Waals surface area contributed by atoms with Crippen LogP contribution < -0.4 is 0 Å². The highest BCUT2D eigenvalue weighted by Gasteiger charge is 2.28. The SMILES string of the molecule is Cc1c(-c2ccccc2)nc2ccccc2c1C(=O)OCC(=O)N(C)C(C)(C)C#N. The number of aromatic nitrogens is 1. The van der Waals surface area contributed by atoms with Gasteiger partial charge in [0.1, 0.15) is 5.54 Å². The van der Waals surface area contributed by atoms with E-state index in [1.165, 1.54) is 11.9 Å². The predicted molar refractivity (Wildman–Crippen MR) is 115 cm³/mol. The molecule has 6 heteroatoms. The molecule has 1 aromatic heterocycles. The number of esters is 1. The highest BCUT2D eigenvalue weighted by Crippen LogP contribution is 2.30. The molecule has 152 valence electrons. The molecule has 0 fully saturated rings. The molecular weight excluding hydrogens is 378 g/mol. The van der Waals surface area contributed by atoms with Gasteiger partial charge in [0.25, 0.3) is 5.91 Å². The number of carbonyl (C=O) groups excluding carboxylic acids is 2. The molecule has 0 aliphatic rings. The van der Waals surface area contributed by atoms with Gasteiger partial charge >= 0.3 is 5.97 Å². The topological polar surface area (TPSA) is 83.3 Å². The van der Waals surface area contributed by atoms with Crippen molar-refractivity contribution in [3.8, 4) is 17.3 Å². The standard InChI is InChI=1S/C24H23N3O3/c1-16-21(23(29)30-14-20(28)27(4)24(2,3)15-25)18-12-8-9-13-19(18)26-22(16)17-10-6-5-7-11-17/h5-13H,14H2,1-4H3. The van der Waals surface area contributed by atoms with Crippen LogP contribution in [-0.4, -0.2) is 41.0 Å². The molecule has 1 amide bonds. The number of amides is 1. The van der Waals surface area contributed by atoms with E-state index in [-0.39, 0.29) is 0 Å². The molecule has 0 aliphatic carbocycles. The average molecular weight is 401 g/mol. The van der Waals surface area contributed by atoms with Crippen LogP contribution >= 0.6 is 0 Å². The molecule has 1 heterocycles. The molecule has 3 rings (SSSR count). The van der Waals surface area contributed by atoms with E-state index < -0.39 is 24.0 Å². The van der Waals surface area contributed by atoms with E-state index in [0.717, 1.165) is 5.56 Å². The molecule has 0 unspecified atom stereocenters. The quantitative estimate of drug-likeness (QED) is 0.600. The van der Waals surface area contributed by atoms with Crippen molar-refractivity contribution in [3.05, 3.63) is 65.7 Å². The summed E-state index contributed by atoms with van der Waals surface area (Å²) in [5.74, 6) is -1.05. The van der Waals surface area contributed by atoms with E-state index >= 15 is 0 Å². The van der Waals surface area contributed by atoms with Crippen LogP contribution in [-0.2, 0) is 9.53 Å². The van der Waals surface area contributed by atoms with Gasteiger partial charge in [-0.2, -0.15) is 5.26 Å². The molecule has 0 saturated heterocycles. The van der Waals surface area contributed by atoms with E-state index in [1.807, 2.05) is 61.5 Å². The number of para-hydroxylation sites is 1. The van der Waals surface area contributed by atoms with Gasteiger partial charge in [-0.3, -0.25) is 4.79 Å². The summed E-state index contributed by atoms with van der Waals surface area (Å²) >= 11 is 0. The fraction of sp³-hybridized carbons (Fsp3) is 0.250. The maximum atomic E-state index is 13.0. The summed E-state index contributed by atoms with van der Waals surface area (Å²) in [6.07, 6.45) is 0. The fourth-order valence-corrected chi connectivity index (χ4v) is 3.13. The number of pyridine rings is 1. The van der Waals surface area contributed by atoms with Crippen molar-refractivity contribution in [2.24, 2.45) is 0 Å². The lowest BCUT2D eigenvalue weighted by Crippen LogP contribution is -2.45. The maximum Gasteiger partial charge on any atom is 0.339 e. The molecule has 0 aliphatic heterocycles. The van der Waals surface area contributed by atoms with Gasteiger partial charge in [0.2, 0.25) is 0 Å². The first-order valence-electron chi connectivity index (χ1n) is 9.56. The highest BCUT2D eigenvalue weighted by molar-refractivity contribution is 6.06. The third-order valence-electron chi connectivity index (χ3n) is 5.20. The van der Waals surface area contributed by atoms with Gasteiger partial charge in [-0.05, 0) is 32.4 Å². The molecular formula is C24H23N3O3. The number of hydrogen-bond acceptors (Lipinski definition) is 5. The maximum absolute atomic E-state index is 13.0. The van der Waals surface area contributed by atoms with Gasteiger partial charge < -0.3 is 9.64 Å². The molecule has 6 nitrogen and oxygen atoms in total. The number of hydrogen-bond donors (Lipinski definition) is 0. The van der Waals surface area contributed by atoms with Gasteiger partial charge in [-0.1, -0.05) is 48.5 Å². The molecule has 2 aromatic carbocycles. The number of nitrogens with zero attached hydrogens (tertiary/aromatic N) is 3. The van der Waals surface area contributed by atoms with Crippen molar-refractivity contribution in [2.45, 2.75) is 26.3 Å². The average Bonchev–Trinajstić information content (AvgIpc) is 2.76. The molecule has 30 heavy (non-hydrogen) atoms. The summed E-state index contributed by atoms with van der Waals surface area (Å²) in [4.78, 5) is 31.4. The Morgan fingerprint density at radius 3 is 2.40 bits per heavy atom. The van der Waals surface area contributed by atoms with E-state index in [0.29, 0.717) is 27.7 Å². The Hall–Kier alpha value is -3.72. The Morgan fingerprint density at radius 1 is 1.10 bits per heavy atom. The molecule has 0 N–H and O–H groups in total. The van der Waals surface area contributed by atoms with Crippen LogP contribution in [0.5, 0.6) is 0 Å². The predicted octanol–water partition coefficient (Wildman–Crippen LogP) is 4.13. The van der Waals surface area contributed by atoms with E-state index in [4.69, 9.17) is 9.72 Å². The van der Waals surface area contributed by atoms with Crippen LogP contribution in [0.3, 0.4) is 0 Å². The number of fused-ring (bicyclic) bond motifs is 1. The smallest absolute Gasteiger partial charge is 0.339 e. The third kappa shape index (κ3) is 4.01. The first kappa shape index (κ1) is 21.0. The summed E-state index contributed by atoms with van der Waals surface area (Å²) in [6.45, 7) is 4.63. The van der Waals surface area contributed by atoms with Crippen molar-refractivity contribution in [1.29, 1.82) is 5.26 Å². The number of likely N-dealkylation sites (N-methyl/N-ethyl adjacent to an activating group) is 1. The van der Waals surface area contributed by atoms with Crippen LogP contribution in [0, 0.1) is 18.3 Å². The minimum absolute atomic E-state index is 0.384.